The van der Waals surface area contributed by atoms with Gasteiger partial charge in [-0.3, -0.25) is 0 Å². The minimum Gasteiger partial charge on any atom is -0.310 e. The Morgan fingerprint density at radius 1 is 1.24 bits per heavy atom. The van der Waals surface area contributed by atoms with Crippen molar-refractivity contribution in [3.63, 3.8) is 0 Å². The first-order valence-corrected chi connectivity index (χ1v) is 7.81. The first kappa shape index (κ1) is 14.1. The number of fused-ring (bicyclic) bond motifs is 1. The summed E-state index contributed by atoms with van der Waals surface area (Å²) in [6.45, 7) is 5.12. The van der Waals surface area contributed by atoms with E-state index in [4.69, 9.17) is 4.98 Å². The fourth-order valence-electron chi connectivity index (χ4n) is 2.96. The van der Waals surface area contributed by atoms with E-state index in [9.17, 15) is 0 Å². The Bertz CT molecular complexity index is 624. The summed E-state index contributed by atoms with van der Waals surface area (Å²) in [5.74, 6) is 0.745. The van der Waals surface area contributed by atoms with Gasteiger partial charge in [0, 0.05) is 29.2 Å². The second kappa shape index (κ2) is 6.31. The first-order valence-electron chi connectivity index (χ1n) is 7.81. The van der Waals surface area contributed by atoms with Gasteiger partial charge in [-0.05, 0) is 44.9 Å². The van der Waals surface area contributed by atoms with Crippen LogP contribution in [-0.2, 0) is 6.42 Å². The molecular formula is C17H22N4. The topological polar surface area (TPSA) is 50.7 Å². The van der Waals surface area contributed by atoms with Crippen LogP contribution in [0.1, 0.15) is 49.2 Å². The number of nitrogens with one attached hydrogen (secondary N) is 1. The summed E-state index contributed by atoms with van der Waals surface area (Å²) in [6, 6.07) is 6.38. The summed E-state index contributed by atoms with van der Waals surface area (Å²) in [4.78, 5) is 13.9. The largest absolute Gasteiger partial charge is 0.310 e. The zero-order valence-electron chi connectivity index (χ0n) is 12.8. The van der Waals surface area contributed by atoms with Crippen molar-refractivity contribution in [3.8, 4) is 11.5 Å². The fraction of sp³-hybridized carbons (Fsp3) is 0.471. The normalized spacial score (nSPS) is 18.1. The van der Waals surface area contributed by atoms with Crippen LogP contribution >= 0.6 is 0 Å². The molecular weight excluding hydrogens is 260 g/mol. The molecule has 0 radical (unpaired) electrons. The van der Waals surface area contributed by atoms with Crippen molar-refractivity contribution in [3.05, 3.63) is 41.3 Å². The van der Waals surface area contributed by atoms with Gasteiger partial charge in [-0.25, -0.2) is 15.0 Å². The van der Waals surface area contributed by atoms with E-state index in [1.54, 1.807) is 0 Å². The van der Waals surface area contributed by atoms with Crippen molar-refractivity contribution in [1.82, 2.24) is 20.3 Å². The lowest BCUT2D eigenvalue weighted by atomic mass is 10.0. The van der Waals surface area contributed by atoms with Crippen LogP contribution in [0.15, 0.2) is 24.4 Å². The Balaban J connectivity index is 1.98. The van der Waals surface area contributed by atoms with E-state index in [1.807, 2.05) is 31.3 Å². The molecule has 1 atom stereocenters. The third kappa shape index (κ3) is 3.10. The SMILES string of the molecule is CCNC1CCCCc2nc(-c3cccc(C)n3)ncc21. The van der Waals surface area contributed by atoms with E-state index in [-0.39, 0.29) is 0 Å². The van der Waals surface area contributed by atoms with Crippen molar-refractivity contribution >= 4 is 0 Å². The van der Waals surface area contributed by atoms with Gasteiger partial charge < -0.3 is 5.32 Å². The van der Waals surface area contributed by atoms with Crippen LogP contribution < -0.4 is 5.32 Å². The number of nitrogens with zero attached hydrogens (tertiary/aromatic N) is 3. The van der Waals surface area contributed by atoms with E-state index in [0.29, 0.717) is 6.04 Å². The van der Waals surface area contributed by atoms with Crippen molar-refractivity contribution in [2.75, 3.05) is 6.54 Å². The molecule has 1 aliphatic carbocycles. The van der Waals surface area contributed by atoms with Gasteiger partial charge in [0.05, 0.1) is 0 Å². The highest BCUT2D eigenvalue weighted by molar-refractivity contribution is 5.50. The van der Waals surface area contributed by atoms with Crippen LogP contribution in [0.4, 0.5) is 0 Å². The molecule has 0 aliphatic heterocycles. The Labute approximate surface area is 126 Å². The number of aryl methyl sites for hydroxylation is 2. The number of hydrogen-bond acceptors (Lipinski definition) is 4. The van der Waals surface area contributed by atoms with Gasteiger partial charge in [0.15, 0.2) is 5.82 Å². The number of rotatable bonds is 3. The molecule has 1 N–H and O–H groups in total. The highest BCUT2D eigenvalue weighted by Crippen LogP contribution is 2.28. The maximum atomic E-state index is 4.80. The molecule has 0 bridgehead atoms. The number of aromatic nitrogens is 3. The molecule has 0 saturated heterocycles. The molecule has 4 heteroatoms. The Hall–Kier alpha value is -1.81. The van der Waals surface area contributed by atoms with Crippen molar-refractivity contribution in [2.45, 2.75) is 45.6 Å². The molecule has 2 aromatic rings. The summed E-state index contributed by atoms with van der Waals surface area (Å²) < 4.78 is 0. The highest BCUT2D eigenvalue weighted by Gasteiger charge is 2.20. The lowest BCUT2D eigenvalue weighted by molar-refractivity contribution is 0.502. The Kier molecular flexibility index (Phi) is 4.25. The minimum absolute atomic E-state index is 0.395. The Morgan fingerprint density at radius 2 is 2.14 bits per heavy atom. The molecule has 2 heterocycles. The summed E-state index contributed by atoms with van der Waals surface area (Å²) >= 11 is 0. The van der Waals surface area contributed by atoms with Crippen molar-refractivity contribution in [2.24, 2.45) is 0 Å². The molecule has 21 heavy (non-hydrogen) atoms. The molecule has 1 aliphatic rings. The third-order valence-corrected chi connectivity index (χ3v) is 4.00. The molecule has 1 unspecified atom stereocenters. The molecule has 0 aromatic carbocycles. The van der Waals surface area contributed by atoms with Crippen LogP contribution in [0.25, 0.3) is 11.5 Å². The van der Waals surface area contributed by atoms with Gasteiger partial charge in [0.2, 0.25) is 0 Å². The zero-order valence-corrected chi connectivity index (χ0v) is 12.8. The maximum absolute atomic E-state index is 4.80. The van der Waals surface area contributed by atoms with Gasteiger partial charge in [-0.15, -0.1) is 0 Å². The quantitative estimate of drug-likeness (QED) is 0.878. The standard InChI is InChI=1S/C17H22N4/c1-3-18-14-8-4-5-9-15-13(14)11-19-17(21-15)16-10-6-7-12(2)20-16/h6-7,10-11,14,18H,3-5,8-9H2,1-2H3. The molecule has 0 saturated carbocycles. The van der Waals surface area contributed by atoms with Crippen LogP contribution in [0, 0.1) is 6.92 Å². The summed E-state index contributed by atoms with van der Waals surface area (Å²) in [7, 11) is 0. The van der Waals surface area contributed by atoms with Gasteiger partial charge in [0.25, 0.3) is 0 Å². The van der Waals surface area contributed by atoms with Gasteiger partial charge in [0.1, 0.15) is 5.69 Å². The van der Waals surface area contributed by atoms with Crippen LogP contribution in [0.2, 0.25) is 0 Å². The number of pyridine rings is 1. The van der Waals surface area contributed by atoms with E-state index < -0.39 is 0 Å². The molecule has 3 rings (SSSR count). The Morgan fingerprint density at radius 3 is 2.95 bits per heavy atom. The van der Waals surface area contributed by atoms with Crippen LogP contribution in [-0.4, -0.2) is 21.5 Å². The molecule has 110 valence electrons. The second-order valence-electron chi connectivity index (χ2n) is 5.62. The van der Waals surface area contributed by atoms with E-state index in [2.05, 4.69) is 22.2 Å². The second-order valence-corrected chi connectivity index (χ2v) is 5.62. The highest BCUT2D eigenvalue weighted by atomic mass is 15.0. The molecule has 0 amide bonds. The minimum atomic E-state index is 0.395. The maximum Gasteiger partial charge on any atom is 0.178 e. The third-order valence-electron chi connectivity index (χ3n) is 4.00. The van der Waals surface area contributed by atoms with Crippen LogP contribution in [0.5, 0.6) is 0 Å². The fourth-order valence-corrected chi connectivity index (χ4v) is 2.96. The van der Waals surface area contributed by atoms with E-state index in [0.717, 1.165) is 30.2 Å². The summed E-state index contributed by atoms with van der Waals surface area (Å²) in [6.07, 6.45) is 6.66. The lowest BCUT2D eigenvalue weighted by Gasteiger charge is -2.17. The monoisotopic (exact) mass is 282 g/mol. The van der Waals surface area contributed by atoms with Gasteiger partial charge in [-0.2, -0.15) is 0 Å². The first-order chi connectivity index (χ1) is 10.3. The average molecular weight is 282 g/mol. The summed E-state index contributed by atoms with van der Waals surface area (Å²) in [5, 5.41) is 3.55. The van der Waals surface area contributed by atoms with Crippen molar-refractivity contribution < 1.29 is 0 Å². The molecule has 4 nitrogen and oxygen atoms in total. The predicted molar refractivity (Wildman–Crippen MR) is 84.0 cm³/mol. The van der Waals surface area contributed by atoms with Crippen molar-refractivity contribution in [1.29, 1.82) is 0 Å². The van der Waals surface area contributed by atoms with Crippen LogP contribution in [0.3, 0.4) is 0 Å². The summed E-state index contributed by atoms with van der Waals surface area (Å²) in [5.41, 5.74) is 4.32. The molecule has 0 spiro atoms. The zero-order chi connectivity index (χ0) is 14.7. The van der Waals surface area contributed by atoms with Gasteiger partial charge >= 0.3 is 0 Å². The molecule has 2 aromatic heterocycles. The van der Waals surface area contributed by atoms with E-state index in [1.165, 1.54) is 30.5 Å². The van der Waals surface area contributed by atoms with E-state index >= 15 is 0 Å². The smallest absolute Gasteiger partial charge is 0.178 e. The number of hydrogen-bond donors (Lipinski definition) is 1. The van der Waals surface area contributed by atoms with Gasteiger partial charge in [-0.1, -0.05) is 19.4 Å². The molecule has 0 fully saturated rings. The average Bonchev–Trinajstić information content (AvgIpc) is 2.70. The lowest BCUT2D eigenvalue weighted by Crippen LogP contribution is -2.21. The predicted octanol–water partition coefficient (Wildman–Crippen LogP) is 3.22.